The van der Waals surface area contributed by atoms with Gasteiger partial charge in [-0.05, 0) is 72.5 Å². The second-order valence-corrected chi connectivity index (χ2v) is 8.19. The molecule has 0 saturated heterocycles. The van der Waals surface area contributed by atoms with Crippen LogP contribution >= 0.6 is 0 Å². The molecule has 0 aliphatic carbocycles. The summed E-state index contributed by atoms with van der Waals surface area (Å²) in [6.07, 6.45) is 3.21. The highest BCUT2D eigenvalue weighted by atomic mass is 32.2. The van der Waals surface area contributed by atoms with Crippen molar-refractivity contribution < 1.29 is 23.0 Å². The summed E-state index contributed by atoms with van der Waals surface area (Å²) < 4.78 is 34.0. The van der Waals surface area contributed by atoms with Gasteiger partial charge in [0.25, 0.3) is 5.91 Å². The highest BCUT2D eigenvalue weighted by Gasteiger charge is 2.26. The van der Waals surface area contributed by atoms with Crippen LogP contribution in [0.4, 0.5) is 5.82 Å². The molecule has 8 heteroatoms. The van der Waals surface area contributed by atoms with Gasteiger partial charge in [0.15, 0.2) is 0 Å². The lowest BCUT2D eigenvalue weighted by molar-refractivity contribution is 0.102. The van der Waals surface area contributed by atoms with Gasteiger partial charge in [-0.3, -0.25) is 9.00 Å². The number of carbonyl (C=O) groups is 1. The van der Waals surface area contributed by atoms with E-state index in [2.05, 4.69) is 10.3 Å². The van der Waals surface area contributed by atoms with Crippen LogP contribution in [0.3, 0.4) is 0 Å². The van der Waals surface area contributed by atoms with Gasteiger partial charge in [0.1, 0.15) is 29.2 Å². The number of anilines is 1. The predicted molar refractivity (Wildman–Crippen MR) is 116 cm³/mol. The molecule has 2 aromatic carbocycles. The largest absolute Gasteiger partial charge is 0.768 e. The summed E-state index contributed by atoms with van der Waals surface area (Å²) in [4.78, 5) is 17.3. The molecule has 0 spiro atoms. The molecule has 7 nitrogen and oxygen atoms in total. The first-order valence-electron chi connectivity index (χ1n) is 9.90. The topological polar surface area (TPSA) is 101 Å². The molecule has 31 heavy (non-hydrogen) atoms. The summed E-state index contributed by atoms with van der Waals surface area (Å²) in [5.74, 6) is 1.69. The van der Waals surface area contributed by atoms with Gasteiger partial charge in [0.05, 0.1) is 0 Å². The Kier molecular flexibility index (Phi) is 6.01. The van der Waals surface area contributed by atoms with Crippen LogP contribution in [0.1, 0.15) is 35.3 Å². The lowest BCUT2D eigenvalue weighted by atomic mass is 10.1. The van der Waals surface area contributed by atoms with Crippen molar-refractivity contribution in [1.82, 2.24) is 4.98 Å². The molecule has 160 valence electrons. The highest BCUT2D eigenvalue weighted by Crippen LogP contribution is 2.39. The van der Waals surface area contributed by atoms with Crippen LogP contribution in [0.15, 0.2) is 59.6 Å². The number of amides is 1. The van der Waals surface area contributed by atoms with Crippen LogP contribution in [-0.4, -0.2) is 25.8 Å². The molecule has 2 heterocycles. The maximum Gasteiger partial charge on any atom is 0.257 e. The number of hydrogen-bond donors (Lipinski definition) is 1. The molecule has 1 amide bonds. The predicted octanol–water partition coefficient (Wildman–Crippen LogP) is 4.25. The van der Waals surface area contributed by atoms with Gasteiger partial charge >= 0.3 is 0 Å². The van der Waals surface area contributed by atoms with Gasteiger partial charge in [-0.1, -0.05) is 13.0 Å². The monoisotopic (exact) mass is 437 g/mol. The summed E-state index contributed by atoms with van der Waals surface area (Å²) in [5, 5.41) is 2.79. The second-order valence-electron chi connectivity index (χ2n) is 7.25. The number of aromatic nitrogens is 1. The van der Waals surface area contributed by atoms with Crippen LogP contribution in [0.25, 0.3) is 0 Å². The van der Waals surface area contributed by atoms with Crippen molar-refractivity contribution in [2.75, 3.05) is 5.32 Å². The summed E-state index contributed by atoms with van der Waals surface area (Å²) in [7, 11) is 0. The fourth-order valence-electron chi connectivity index (χ4n) is 3.34. The van der Waals surface area contributed by atoms with Gasteiger partial charge in [0.2, 0.25) is 0 Å². The third-order valence-electron chi connectivity index (χ3n) is 4.97. The lowest BCUT2D eigenvalue weighted by Crippen LogP contribution is -2.13. The van der Waals surface area contributed by atoms with Gasteiger partial charge in [-0.25, -0.2) is 4.98 Å². The summed E-state index contributed by atoms with van der Waals surface area (Å²) >= 11 is -2.30. The molecule has 0 fully saturated rings. The average molecular weight is 437 g/mol. The van der Waals surface area contributed by atoms with E-state index in [1.54, 1.807) is 36.5 Å². The zero-order valence-electron chi connectivity index (χ0n) is 17.1. The molecular weight excluding hydrogens is 416 g/mol. The molecule has 2 atom stereocenters. The lowest BCUT2D eigenvalue weighted by Gasteiger charge is -2.13. The fourth-order valence-corrected chi connectivity index (χ4v) is 3.69. The number of rotatable bonds is 6. The van der Waals surface area contributed by atoms with Crippen molar-refractivity contribution in [3.63, 3.8) is 0 Å². The Hall–Kier alpha value is -3.23. The number of carbonyl (C=O) groups excluding carboxylic acids is 1. The number of nitrogens with zero attached hydrogens (tertiary/aromatic N) is 1. The number of fused-ring (bicyclic) bond motifs is 1. The summed E-state index contributed by atoms with van der Waals surface area (Å²) in [6, 6.07) is 13.1. The smallest absolute Gasteiger partial charge is 0.257 e. The first-order chi connectivity index (χ1) is 14.9. The minimum atomic E-state index is -2.30. The molecule has 1 aliphatic heterocycles. The number of nitrogens with one attached hydrogen (secondary N) is 1. The molecule has 1 aliphatic rings. The quantitative estimate of drug-likeness (QED) is 0.579. The van der Waals surface area contributed by atoms with Crippen molar-refractivity contribution in [2.45, 2.75) is 37.7 Å². The molecule has 3 aromatic rings. The number of benzene rings is 2. The van der Waals surface area contributed by atoms with Gasteiger partial charge in [-0.15, -0.1) is 0 Å². The Morgan fingerprint density at radius 3 is 2.68 bits per heavy atom. The number of ether oxygens (including phenoxy) is 2. The van der Waals surface area contributed by atoms with Crippen molar-refractivity contribution in [3.8, 4) is 17.2 Å². The molecule has 0 saturated carbocycles. The maximum absolute atomic E-state index is 12.8. The average Bonchev–Trinajstić information content (AvgIpc) is 3.15. The SMILES string of the molecule is CCc1ccc(NC(=O)c2cc(Oc3ccc(S(=O)[O-])cc3)c3c(c2)OC(C)C3)nc1. The minimum absolute atomic E-state index is 0.0378. The third kappa shape index (κ3) is 4.76. The Balaban J connectivity index is 1.61. The maximum atomic E-state index is 12.8. The zero-order valence-corrected chi connectivity index (χ0v) is 17.9. The molecule has 0 bridgehead atoms. The standard InChI is InChI=1S/C23H22N2O5S/c1-3-15-4-9-22(24-13-15)25-23(26)16-11-20-19(10-14(2)29-20)21(12-16)30-17-5-7-18(8-6-17)31(27)28/h4-9,11-14H,3,10H2,1-2H3,(H,27,28)(H,24,25,26)/p-1. The highest BCUT2D eigenvalue weighted by molar-refractivity contribution is 7.79. The van der Waals surface area contributed by atoms with Crippen molar-refractivity contribution in [2.24, 2.45) is 0 Å². The van der Waals surface area contributed by atoms with Crippen LogP contribution in [-0.2, 0) is 23.9 Å². The Morgan fingerprint density at radius 2 is 2.03 bits per heavy atom. The van der Waals surface area contributed by atoms with Crippen LogP contribution in [0.5, 0.6) is 17.2 Å². The summed E-state index contributed by atoms with van der Waals surface area (Å²) in [5.41, 5.74) is 2.33. The molecule has 0 radical (unpaired) electrons. The summed E-state index contributed by atoms with van der Waals surface area (Å²) in [6.45, 7) is 3.98. The van der Waals surface area contributed by atoms with Crippen LogP contribution in [0, 0.1) is 0 Å². The van der Waals surface area contributed by atoms with E-state index < -0.39 is 11.1 Å². The van der Waals surface area contributed by atoms with Crippen molar-refractivity contribution >= 4 is 22.8 Å². The van der Waals surface area contributed by atoms with Crippen molar-refractivity contribution in [3.05, 3.63) is 71.4 Å². The van der Waals surface area contributed by atoms with Crippen LogP contribution < -0.4 is 14.8 Å². The third-order valence-corrected chi connectivity index (χ3v) is 5.63. The number of pyridine rings is 1. The first-order valence-corrected chi connectivity index (χ1v) is 11.0. The Morgan fingerprint density at radius 1 is 1.26 bits per heavy atom. The fraction of sp³-hybridized carbons (Fsp3) is 0.217. The molecular formula is C23H21N2O5S-. The molecule has 4 rings (SSSR count). The molecule has 1 N–H and O–H groups in total. The van der Waals surface area contributed by atoms with E-state index in [0.29, 0.717) is 35.1 Å². The van der Waals surface area contributed by atoms with E-state index in [9.17, 15) is 13.6 Å². The Labute approximate surface area is 182 Å². The van der Waals surface area contributed by atoms with E-state index in [4.69, 9.17) is 9.47 Å². The Bertz CT molecular complexity index is 1130. The zero-order chi connectivity index (χ0) is 22.0. The van der Waals surface area contributed by atoms with Gasteiger partial charge < -0.3 is 19.3 Å². The van der Waals surface area contributed by atoms with Crippen LogP contribution in [0.2, 0.25) is 0 Å². The number of aryl methyl sites for hydroxylation is 1. The molecule has 1 aromatic heterocycles. The minimum Gasteiger partial charge on any atom is -0.768 e. The van der Waals surface area contributed by atoms with Gasteiger partial charge in [0, 0.05) is 28.6 Å². The van der Waals surface area contributed by atoms with E-state index in [0.717, 1.165) is 17.5 Å². The van der Waals surface area contributed by atoms with E-state index in [1.807, 2.05) is 19.9 Å². The second kappa shape index (κ2) is 8.87. The van der Waals surface area contributed by atoms with Gasteiger partial charge in [-0.2, -0.15) is 0 Å². The van der Waals surface area contributed by atoms with Crippen molar-refractivity contribution in [1.29, 1.82) is 0 Å². The molecule has 2 unspecified atom stereocenters. The normalized spacial score (nSPS) is 15.6. The first kappa shape index (κ1) is 21.0. The van der Waals surface area contributed by atoms with E-state index >= 15 is 0 Å². The number of hydrogen-bond acceptors (Lipinski definition) is 6. The van der Waals surface area contributed by atoms with E-state index in [-0.39, 0.29) is 16.9 Å². The van der Waals surface area contributed by atoms with E-state index in [1.165, 1.54) is 12.1 Å².